The van der Waals surface area contributed by atoms with Gasteiger partial charge in [-0.3, -0.25) is 19.9 Å². The minimum atomic E-state index is -0.421. The van der Waals surface area contributed by atoms with E-state index in [1.807, 2.05) is 6.92 Å². The normalized spacial score (nSPS) is 31.1. The molecule has 198 valence electrons. The molecule has 10 N–H and O–H groups in total. The quantitative estimate of drug-likeness (QED) is 0.143. The molecular weight excluding hydrogens is 444 g/mol. The third kappa shape index (κ3) is 8.02. The first-order valence-electron chi connectivity index (χ1n) is 13.4. The van der Waals surface area contributed by atoms with Crippen molar-refractivity contribution in [2.75, 3.05) is 13.6 Å². The van der Waals surface area contributed by atoms with Crippen LogP contribution in [0.15, 0.2) is 16.5 Å². The molecular formula is C25H46N8O2. The zero-order valence-corrected chi connectivity index (χ0v) is 21.4. The fourth-order valence-electron chi connectivity index (χ4n) is 5.99. The number of guanidine groups is 1. The van der Waals surface area contributed by atoms with Gasteiger partial charge in [0.2, 0.25) is 5.91 Å². The molecule has 0 aromatic heterocycles. The molecule has 10 heteroatoms. The Labute approximate surface area is 209 Å². The first kappa shape index (κ1) is 27.1. The molecule has 2 amide bonds. The van der Waals surface area contributed by atoms with Gasteiger partial charge in [-0.05, 0) is 69.1 Å². The highest BCUT2D eigenvalue weighted by atomic mass is 16.2. The van der Waals surface area contributed by atoms with Crippen molar-refractivity contribution in [3.63, 3.8) is 0 Å². The number of rotatable bonds is 9. The maximum atomic E-state index is 12.4. The summed E-state index contributed by atoms with van der Waals surface area (Å²) in [6.45, 7) is 2.46. The minimum absolute atomic E-state index is 0.105. The predicted molar refractivity (Wildman–Crippen MR) is 138 cm³/mol. The largest absolute Gasteiger partial charge is 0.384 e. The van der Waals surface area contributed by atoms with Gasteiger partial charge in [-0.1, -0.05) is 25.7 Å². The third-order valence-electron chi connectivity index (χ3n) is 8.16. The van der Waals surface area contributed by atoms with Crippen LogP contribution < -0.4 is 38.5 Å². The van der Waals surface area contributed by atoms with Gasteiger partial charge < -0.3 is 33.2 Å². The molecule has 3 rings (SSSR count). The van der Waals surface area contributed by atoms with Crippen LogP contribution in [0.1, 0.15) is 77.6 Å². The lowest BCUT2D eigenvalue weighted by Gasteiger charge is -2.42. The smallest absolute Gasteiger partial charge is 0.277 e. The molecule has 0 radical (unpaired) electrons. The van der Waals surface area contributed by atoms with Crippen LogP contribution in [-0.2, 0) is 9.59 Å². The summed E-state index contributed by atoms with van der Waals surface area (Å²) in [5.41, 5.74) is 17.9. The Balaban J connectivity index is 1.31. The number of carbonyl (C=O) groups excluding carboxylic acids is 2. The summed E-state index contributed by atoms with van der Waals surface area (Å²) in [7, 11) is 1.72. The number of amides is 2. The van der Waals surface area contributed by atoms with Gasteiger partial charge in [0.25, 0.3) is 5.91 Å². The van der Waals surface area contributed by atoms with Crippen molar-refractivity contribution in [3.05, 3.63) is 11.5 Å². The van der Waals surface area contributed by atoms with Crippen LogP contribution in [-0.4, -0.2) is 43.6 Å². The summed E-state index contributed by atoms with van der Waals surface area (Å²) in [5.74, 6) is 3.33. The molecule has 1 aliphatic heterocycles. The zero-order valence-electron chi connectivity index (χ0n) is 21.4. The fourth-order valence-corrected chi connectivity index (χ4v) is 5.99. The van der Waals surface area contributed by atoms with Gasteiger partial charge in [0.1, 0.15) is 11.5 Å². The topological polar surface area (TPSA) is 173 Å². The van der Waals surface area contributed by atoms with E-state index in [-0.39, 0.29) is 35.6 Å². The van der Waals surface area contributed by atoms with Crippen molar-refractivity contribution in [1.29, 1.82) is 0 Å². The monoisotopic (exact) mass is 490 g/mol. The number of unbranched alkanes of at least 4 members (excludes halogenated alkanes) is 1. The van der Waals surface area contributed by atoms with E-state index in [1.165, 1.54) is 44.9 Å². The summed E-state index contributed by atoms with van der Waals surface area (Å²) >= 11 is 0. The Bertz CT molecular complexity index is 798. The number of fused-ring (bicyclic) bond motifs is 1. The van der Waals surface area contributed by atoms with Gasteiger partial charge >= 0.3 is 0 Å². The Morgan fingerprint density at radius 3 is 2.34 bits per heavy atom. The second-order valence-corrected chi connectivity index (χ2v) is 10.7. The van der Waals surface area contributed by atoms with Crippen molar-refractivity contribution in [2.24, 2.45) is 45.9 Å². The summed E-state index contributed by atoms with van der Waals surface area (Å²) in [6, 6.07) is -0.139. The molecule has 6 atom stereocenters. The average Bonchev–Trinajstić information content (AvgIpc) is 2.84. The Morgan fingerprint density at radius 1 is 1.03 bits per heavy atom. The fraction of sp³-hybridized carbons (Fsp3) is 0.800. The first-order chi connectivity index (χ1) is 16.8. The molecule has 6 unspecified atom stereocenters. The van der Waals surface area contributed by atoms with Crippen LogP contribution in [0.4, 0.5) is 0 Å². The van der Waals surface area contributed by atoms with Gasteiger partial charge in [0.15, 0.2) is 5.96 Å². The number of aliphatic imine (C=N–C) groups is 1. The standard InChI is InChI=1S/C25H46N8O2/c1-15-22(26)32-23(27)21(31-15)24(35)33-25(28)30-12-4-3-5-16-6-9-19-14-17(7-10-18(19)13-16)8-11-20(34)29-2/h15-19,22,31-32H,3-14,26-27H2,1-2H3,(H,29,34)(H3,28,30,33,35). The van der Waals surface area contributed by atoms with Crippen molar-refractivity contribution >= 4 is 17.8 Å². The summed E-state index contributed by atoms with van der Waals surface area (Å²) in [6.07, 6.45) is 12.6. The molecule has 2 saturated carbocycles. The van der Waals surface area contributed by atoms with Crippen LogP contribution in [0.25, 0.3) is 0 Å². The molecule has 35 heavy (non-hydrogen) atoms. The molecule has 2 aliphatic carbocycles. The molecule has 3 aliphatic rings. The van der Waals surface area contributed by atoms with Crippen molar-refractivity contribution < 1.29 is 9.59 Å². The second kappa shape index (κ2) is 13.0. The van der Waals surface area contributed by atoms with Crippen molar-refractivity contribution in [1.82, 2.24) is 21.3 Å². The molecule has 2 fully saturated rings. The highest BCUT2D eigenvalue weighted by Gasteiger charge is 2.35. The predicted octanol–water partition coefficient (Wildman–Crippen LogP) is 0.940. The maximum absolute atomic E-state index is 12.4. The highest BCUT2D eigenvalue weighted by Crippen LogP contribution is 2.46. The Kier molecular flexibility index (Phi) is 10.1. The molecule has 1 heterocycles. The molecule has 0 spiro atoms. The van der Waals surface area contributed by atoms with E-state index in [1.54, 1.807) is 7.05 Å². The van der Waals surface area contributed by atoms with Gasteiger partial charge in [-0.25, -0.2) is 0 Å². The van der Waals surface area contributed by atoms with Crippen LogP contribution in [0.2, 0.25) is 0 Å². The van der Waals surface area contributed by atoms with E-state index in [0.717, 1.165) is 42.9 Å². The molecule has 0 aromatic carbocycles. The van der Waals surface area contributed by atoms with Gasteiger partial charge in [-0.2, -0.15) is 0 Å². The summed E-state index contributed by atoms with van der Waals surface area (Å²) in [4.78, 5) is 28.3. The maximum Gasteiger partial charge on any atom is 0.277 e. The van der Waals surface area contributed by atoms with Gasteiger partial charge in [-0.15, -0.1) is 0 Å². The number of nitrogens with zero attached hydrogens (tertiary/aromatic N) is 1. The Morgan fingerprint density at radius 2 is 1.69 bits per heavy atom. The lowest BCUT2D eigenvalue weighted by atomic mass is 9.63. The van der Waals surface area contributed by atoms with E-state index in [9.17, 15) is 9.59 Å². The Hall–Kier alpha value is -2.49. The number of nitrogens with two attached hydrogens (primary N) is 3. The lowest BCUT2D eigenvalue weighted by Crippen LogP contribution is -2.59. The second-order valence-electron chi connectivity index (χ2n) is 10.7. The third-order valence-corrected chi connectivity index (χ3v) is 8.16. The number of carbonyl (C=O) groups is 2. The van der Waals surface area contributed by atoms with E-state index in [2.05, 4.69) is 26.3 Å². The number of hydrogen-bond acceptors (Lipinski definition) is 7. The number of nitrogens with one attached hydrogen (secondary N) is 4. The summed E-state index contributed by atoms with van der Waals surface area (Å²) < 4.78 is 0. The molecule has 0 aromatic rings. The molecule has 10 nitrogen and oxygen atoms in total. The lowest BCUT2D eigenvalue weighted by molar-refractivity contribution is -0.121. The summed E-state index contributed by atoms with van der Waals surface area (Å²) in [5, 5.41) is 11.2. The van der Waals surface area contributed by atoms with Crippen LogP contribution in [0, 0.1) is 23.7 Å². The highest BCUT2D eigenvalue weighted by molar-refractivity contribution is 6.04. The van der Waals surface area contributed by atoms with Gasteiger partial charge in [0.05, 0.1) is 12.2 Å². The zero-order chi connectivity index (χ0) is 25.4. The van der Waals surface area contributed by atoms with Crippen molar-refractivity contribution in [3.8, 4) is 0 Å². The van der Waals surface area contributed by atoms with Gasteiger partial charge in [0, 0.05) is 20.0 Å². The minimum Gasteiger partial charge on any atom is -0.384 e. The van der Waals surface area contributed by atoms with E-state index < -0.39 is 5.91 Å². The molecule has 0 saturated heterocycles. The first-order valence-corrected chi connectivity index (χ1v) is 13.4. The molecule has 0 bridgehead atoms. The van der Waals surface area contributed by atoms with E-state index >= 15 is 0 Å². The van der Waals surface area contributed by atoms with Crippen LogP contribution in [0.3, 0.4) is 0 Å². The van der Waals surface area contributed by atoms with Crippen molar-refractivity contribution in [2.45, 2.75) is 89.8 Å². The van der Waals surface area contributed by atoms with E-state index in [4.69, 9.17) is 17.2 Å². The SMILES string of the molecule is CNC(=O)CCC1CCC2CC(CCCCN=C(N)NC(=O)C3=C(N)NC(N)C(C)N3)CCC2C1. The van der Waals surface area contributed by atoms with Crippen LogP contribution >= 0.6 is 0 Å². The van der Waals surface area contributed by atoms with Crippen LogP contribution in [0.5, 0.6) is 0 Å². The van der Waals surface area contributed by atoms with E-state index in [0.29, 0.717) is 13.0 Å². The number of hydrogen-bond donors (Lipinski definition) is 7. The average molecular weight is 491 g/mol.